The number of rotatable bonds is 2. The molecule has 0 atom stereocenters. The Labute approximate surface area is 132 Å². The lowest BCUT2D eigenvalue weighted by atomic mass is 10.3. The van der Waals surface area contributed by atoms with Gasteiger partial charge in [0.15, 0.2) is 5.75 Å². The lowest BCUT2D eigenvalue weighted by Crippen LogP contribution is -2.09. The topological polar surface area (TPSA) is 46.5 Å². The molecule has 0 radical (unpaired) electrons. The first-order valence-electron chi connectivity index (χ1n) is 4.20. The standard InChI is InChI=1S/C10H6Br4O3/c1-3(2)10(16)17-9-6(13)4(11)8(15)5(12)7(9)14/h15H,1H2,2H3. The number of hydrogen-bond acceptors (Lipinski definition) is 3. The van der Waals surface area contributed by atoms with E-state index in [-0.39, 0.29) is 17.1 Å². The average Bonchev–Trinajstić information content (AvgIpc) is 2.29. The first kappa shape index (κ1) is 15.2. The summed E-state index contributed by atoms with van der Waals surface area (Å²) in [6.45, 7) is 5.05. The molecular formula is C10H6Br4O3. The monoisotopic (exact) mass is 490 g/mol. The van der Waals surface area contributed by atoms with E-state index in [9.17, 15) is 9.90 Å². The second-order valence-electron chi connectivity index (χ2n) is 3.10. The maximum Gasteiger partial charge on any atom is 0.338 e. The summed E-state index contributed by atoms with van der Waals surface area (Å²) in [4.78, 5) is 11.5. The summed E-state index contributed by atoms with van der Waals surface area (Å²) in [6, 6.07) is 0. The molecule has 0 fully saturated rings. The van der Waals surface area contributed by atoms with E-state index >= 15 is 0 Å². The zero-order chi connectivity index (χ0) is 13.3. The molecule has 1 aromatic rings. The highest BCUT2D eigenvalue weighted by atomic mass is 79.9. The van der Waals surface area contributed by atoms with E-state index in [1.165, 1.54) is 0 Å². The van der Waals surface area contributed by atoms with Crippen LogP contribution in [0.4, 0.5) is 0 Å². The van der Waals surface area contributed by atoms with Gasteiger partial charge in [-0.3, -0.25) is 0 Å². The fourth-order valence-electron chi connectivity index (χ4n) is 0.869. The summed E-state index contributed by atoms with van der Waals surface area (Å²) in [6.07, 6.45) is 0. The summed E-state index contributed by atoms with van der Waals surface area (Å²) in [5.74, 6) is -0.288. The molecule has 1 rings (SSSR count). The number of esters is 1. The van der Waals surface area contributed by atoms with Crippen molar-refractivity contribution in [3.05, 3.63) is 30.0 Å². The molecule has 0 heterocycles. The van der Waals surface area contributed by atoms with Crippen LogP contribution in [-0.2, 0) is 4.79 Å². The quantitative estimate of drug-likeness (QED) is 0.275. The molecular weight excluding hydrogens is 488 g/mol. The molecule has 0 amide bonds. The Hall–Kier alpha value is 0.150. The smallest absolute Gasteiger partial charge is 0.338 e. The third-order valence-electron chi connectivity index (χ3n) is 1.74. The van der Waals surface area contributed by atoms with E-state index in [1.54, 1.807) is 6.92 Å². The van der Waals surface area contributed by atoms with Crippen molar-refractivity contribution in [2.24, 2.45) is 0 Å². The maximum atomic E-state index is 11.5. The van der Waals surface area contributed by atoms with Crippen molar-refractivity contribution in [3.63, 3.8) is 0 Å². The van der Waals surface area contributed by atoms with E-state index in [4.69, 9.17) is 4.74 Å². The summed E-state index contributed by atoms with van der Waals surface area (Å²) in [7, 11) is 0. The second kappa shape index (κ2) is 5.86. The number of ether oxygens (including phenoxy) is 1. The highest BCUT2D eigenvalue weighted by molar-refractivity contribution is 9.14. The number of aromatic hydroxyl groups is 1. The Morgan fingerprint density at radius 1 is 1.12 bits per heavy atom. The first-order valence-corrected chi connectivity index (χ1v) is 7.37. The lowest BCUT2D eigenvalue weighted by Gasteiger charge is -2.13. The van der Waals surface area contributed by atoms with Crippen molar-refractivity contribution in [1.82, 2.24) is 0 Å². The summed E-state index contributed by atoms with van der Waals surface area (Å²) in [5.41, 5.74) is 0.282. The zero-order valence-corrected chi connectivity index (χ0v) is 14.8. The van der Waals surface area contributed by atoms with Crippen molar-refractivity contribution in [1.29, 1.82) is 0 Å². The Bertz CT molecular complexity index is 482. The predicted molar refractivity (Wildman–Crippen MR) is 79.4 cm³/mol. The van der Waals surface area contributed by atoms with Crippen LogP contribution in [0.3, 0.4) is 0 Å². The van der Waals surface area contributed by atoms with Gasteiger partial charge in [0.1, 0.15) is 5.75 Å². The van der Waals surface area contributed by atoms with Crippen LogP contribution >= 0.6 is 63.7 Å². The van der Waals surface area contributed by atoms with E-state index in [2.05, 4.69) is 70.3 Å². The zero-order valence-electron chi connectivity index (χ0n) is 8.48. The van der Waals surface area contributed by atoms with Gasteiger partial charge < -0.3 is 9.84 Å². The lowest BCUT2D eigenvalue weighted by molar-refractivity contribution is -0.130. The molecule has 0 aliphatic rings. The van der Waals surface area contributed by atoms with Crippen molar-refractivity contribution in [2.75, 3.05) is 0 Å². The van der Waals surface area contributed by atoms with Gasteiger partial charge >= 0.3 is 5.97 Å². The average molecular weight is 494 g/mol. The van der Waals surface area contributed by atoms with E-state index in [1.807, 2.05) is 0 Å². The van der Waals surface area contributed by atoms with Gasteiger partial charge in [-0.1, -0.05) is 6.58 Å². The van der Waals surface area contributed by atoms with Crippen molar-refractivity contribution in [3.8, 4) is 11.5 Å². The van der Waals surface area contributed by atoms with Gasteiger partial charge in [0.25, 0.3) is 0 Å². The third-order valence-corrected chi connectivity index (χ3v) is 5.86. The van der Waals surface area contributed by atoms with Gasteiger partial charge in [-0.25, -0.2) is 4.79 Å². The molecule has 92 valence electrons. The predicted octanol–water partition coefficient (Wildman–Crippen LogP) is 4.92. The SMILES string of the molecule is C=C(C)C(=O)Oc1c(Br)c(Br)c(O)c(Br)c1Br. The van der Waals surface area contributed by atoms with Gasteiger partial charge in [0, 0.05) is 5.57 Å². The van der Waals surface area contributed by atoms with Gasteiger partial charge in [0.2, 0.25) is 0 Å². The molecule has 0 aromatic heterocycles. The minimum atomic E-state index is -0.545. The van der Waals surface area contributed by atoms with Crippen LogP contribution in [0.2, 0.25) is 0 Å². The Morgan fingerprint density at radius 2 is 1.53 bits per heavy atom. The fraction of sp³-hybridized carbons (Fsp3) is 0.100. The maximum absolute atomic E-state index is 11.5. The van der Waals surface area contributed by atoms with Crippen LogP contribution in [0.1, 0.15) is 6.92 Å². The molecule has 0 spiro atoms. The van der Waals surface area contributed by atoms with Crippen LogP contribution in [0.25, 0.3) is 0 Å². The van der Waals surface area contributed by atoms with E-state index < -0.39 is 5.97 Å². The van der Waals surface area contributed by atoms with Crippen LogP contribution in [-0.4, -0.2) is 11.1 Å². The molecule has 0 saturated carbocycles. The highest BCUT2D eigenvalue weighted by Crippen LogP contribution is 2.49. The van der Waals surface area contributed by atoms with Gasteiger partial charge in [0.05, 0.1) is 17.9 Å². The number of halogens is 4. The number of benzene rings is 1. The molecule has 1 aromatic carbocycles. The number of phenolic OH excluding ortho intramolecular Hbond substituents is 1. The van der Waals surface area contributed by atoms with E-state index in [0.29, 0.717) is 17.9 Å². The second-order valence-corrected chi connectivity index (χ2v) is 6.28. The number of hydrogen-bond donors (Lipinski definition) is 1. The molecule has 0 bridgehead atoms. The van der Waals surface area contributed by atoms with Crippen LogP contribution < -0.4 is 4.74 Å². The summed E-state index contributed by atoms with van der Waals surface area (Å²) < 4.78 is 6.78. The Morgan fingerprint density at radius 3 is 1.88 bits per heavy atom. The van der Waals surface area contributed by atoms with Crippen molar-refractivity contribution < 1.29 is 14.6 Å². The van der Waals surface area contributed by atoms with Crippen molar-refractivity contribution in [2.45, 2.75) is 6.92 Å². The molecule has 3 nitrogen and oxygen atoms in total. The minimum absolute atomic E-state index is 0.00104. The Kier molecular flexibility index (Phi) is 5.24. The normalized spacial score (nSPS) is 10.2. The largest absolute Gasteiger partial charge is 0.505 e. The van der Waals surface area contributed by atoms with Crippen LogP contribution in [0.15, 0.2) is 30.0 Å². The number of phenols is 1. The molecule has 0 unspecified atom stereocenters. The van der Waals surface area contributed by atoms with Crippen LogP contribution in [0, 0.1) is 0 Å². The molecule has 0 aliphatic heterocycles. The van der Waals surface area contributed by atoms with Crippen molar-refractivity contribution >= 4 is 69.7 Å². The molecule has 7 heteroatoms. The van der Waals surface area contributed by atoms with Gasteiger partial charge in [-0.2, -0.15) is 0 Å². The summed E-state index contributed by atoms with van der Waals surface area (Å²) in [5, 5.41) is 9.72. The minimum Gasteiger partial charge on any atom is -0.505 e. The number of carbonyl (C=O) groups excluding carboxylic acids is 1. The van der Waals surface area contributed by atoms with Gasteiger partial charge in [-0.15, -0.1) is 0 Å². The first-order chi connectivity index (χ1) is 7.77. The molecule has 1 N–H and O–H groups in total. The molecule has 0 aliphatic carbocycles. The molecule has 0 saturated heterocycles. The molecule has 17 heavy (non-hydrogen) atoms. The number of carbonyl (C=O) groups is 1. The van der Waals surface area contributed by atoms with E-state index in [0.717, 1.165) is 0 Å². The highest BCUT2D eigenvalue weighted by Gasteiger charge is 2.21. The van der Waals surface area contributed by atoms with Crippen LogP contribution in [0.5, 0.6) is 11.5 Å². The Balaban J connectivity index is 3.35. The fourth-order valence-corrected chi connectivity index (χ4v) is 3.09. The third kappa shape index (κ3) is 3.13. The summed E-state index contributed by atoms with van der Waals surface area (Å²) >= 11 is 12.8. The van der Waals surface area contributed by atoms with Gasteiger partial charge in [-0.05, 0) is 70.6 Å².